The minimum Gasteiger partial charge on any atom is -0.497 e. The van der Waals surface area contributed by atoms with Crippen molar-refractivity contribution in [1.29, 1.82) is 0 Å². The number of anilines is 1. The number of nitrogens with zero attached hydrogens (tertiary/aromatic N) is 1. The molecule has 1 fully saturated rings. The molecule has 1 atom stereocenters. The number of amides is 2. The molecule has 0 aliphatic carbocycles. The molecule has 1 aliphatic rings. The first kappa shape index (κ1) is 18.8. The van der Waals surface area contributed by atoms with E-state index in [1.807, 2.05) is 6.07 Å². The van der Waals surface area contributed by atoms with Crippen molar-refractivity contribution in [2.45, 2.75) is 11.7 Å². The molecule has 1 saturated heterocycles. The molecular formula is C19H19N3O4S. The first-order chi connectivity index (χ1) is 13.1. The van der Waals surface area contributed by atoms with Crippen molar-refractivity contribution in [3.05, 3.63) is 48.5 Å². The SMILES string of the molecule is COc1ccc(N=C2NC(=O)[C@@H](CC(=O)Nc3ccccc3OC)S2)cc1. The monoisotopic (exact) mass is 385 g/mol. The summed E-state index contributed by atoms with van der Waals surface area (Å²) in [6, 6.07) is 14.3. The Bertz CT molecular complexity index is 868. The number of carbonyl (C=O) groups is 2. The molecular weight excluding hydrogens is 366 g/mol. The Hall–Kier alpha value is -3.00. The maximum atomic E-state index is 12.3. The Labute approximate surface area is 161 Å². The van der Waals surface area contributed by atoms with Crippen molar-refractivity contribution < 1.29 is 19.1 Å². The second-order valence-electron chi connectivity index (χ2n) is 5.66. The highest BCUT2D eigenvalue weighted by atomic mass is 32.2. The van der Waals surface area contributed by atoms with Crippen LogP contribution in [-0.2, 0) is 9.59 Å². The first-order valence-corrected chi connectivity index (χ1v) is 9.10. The number of aliphatic imine (C=N–C) groups is 1. The van der Waals surface area contributed by atoms with E-state index in [2.05, 4.69) is 15.6 Å². The Morgan fingerprint density at radius 3 is 2.59 bits per heavy atom. The van der Waals surface area contributed by atoms with Crippen LogP contribution in [0.3, 0.4) is 0 Å². The predicted octanol–water partition coefficient (Wildman–Crippen LogP) is 2.95. The van der Waals surface area contributed by atoms with Gasteiger partial charge in [-0.3, -0.25) is 9.59 Å². The van der Waals surface area contributed by atoms with Crippen LogP contribution in [0.1, 0.15) is 6.42 Å². The van der Waals surface area contributed by atoms with E-state index in [-0.39, 0.29) is 18.2 Å². The van der Waals surface area contributed by atoms with Crippen LogP contribution in [-0.4, -0.2) is 36.5 Å². The summed E-state index contributed by atoms with van der Waals surface area (Å²) >= 11 is 1.24. The molecule has 2 amide bonds. The summed E-state index contributed by atoms with van der Waals surface area (Å²) in [7, 11) is 3.13. The summed E-state index contributed by atoms with van der Waals surface area (Å²) in [5.74, 6) is 0.796. The topological polar surface area (TPSA) is 89.0 Å². The van der Waals surface area contributed by atoms with Gasteiger partial charge in [-0.2, -0.15) is 0 Å². The number of benzene rings is 2. The van der Waals surface area contributed by atoms with E-state index in [9.17, 15) is 9.59 Å². The Balaban J connectivity index is 1.61. The molecule has 0 radical (unpaired) electrons. The van der Waals surface area contributed by atoms with Gasteiger partial charge in [-0.25, -0.2) is 4.99 Å². The van der Waals surface area contributed by atoms with Crippen LogP contribution in [0.5, 0.6) is 11.5 Å². The van der Waals surface area contributed by atoms with Crippen molar-refractivity contribution >= 4 is 40.1 Å². The maximum absolute atomic E-state index is 12.3. The minimum absolute atomic E-state index is 0.0379. The van der Waals surface area contributed by atoms with Gasteiger partial charge in [-0.15, -0.1) is 0 Å². The normalized spacial score (nSPS) is 17.5. The highest BCUT2D eigenvalue weighted by Gasteiger charge is 2.32. The molecule has 0 spiro atoms. The number of carbonyl (C=O) groups excluding carboxylic acids is 2. The quantitative estimate of drug-likeness (QED) is 0.798. The lowest BCUT2D eigenvalue weighted by Crippen LogP contribution is -2.28. The fraction of sp³-hybridized carbons (Fsp3) is 0.211. The van der Waals surface area contributed by atoms with Gasteiger partial charge in [0.25, 0.3) is 0 Å². The van der Waals surface area contributed by atoms with Crippen LogP contribution in [0.4, 0.5) is 11.4 Å². The number of hydrogen-bond acceptors (Lipinski definition) is 6. The average molecular weight is 385 g/mol. The van der Waals surface area contributed by atoms with Crippen LogP contribution in [0.25, 0.3) is 0 Å². The summed E-state index contributed by atoms with van der Waals surface area (Å²) in [5.41, 5.74) is 1.26. The zero-order valence-electron chi connectivity index (χ0n) is 14.9. The lowest BCUT2D eigenvalue weighted by atomic mass is 10.2. The van der Waals surface area contributed by atoms with Gasteiger partial charge in [0.15, 0.2) is 5.17 Å². The Morgan fingerprint density at radius 1 is 1.15 bits per heavy atom. The number of rotatable bonds is 6. The second kappa shape index (κ2) is 8.59. The summed E-state index contributed by atoms with van der Waals surface area (Å²) in [5, 5.41) is 5.43. The number of thioether (sulfide) groups is 1. The zero-order chi connectivity index (χ0) is 19.2. The number of hydrogen-bond donors (Lipinski definition) is 2. The molecule has 1 heterocycles. The fourth-order valence-electron chi connectivity index (χ4n) is 2.48. The molecule has 0 unspecified atom stereocenters. The maximum Gasteiger partial charge on any atom is 0.240 e. The molecule has 7 nitrogen and oxygen atoms in total. The number of para-hydroxylation sites is 2. The number of nitrogens with one attached hydrogen (secondary N) is 2. The summed E-state index contributed by atoms with van der Waals surface area (Å²) in [6.07, 6.45) is 0.0379. The number of ether oxygens (including phenoxy) is 2. The van der Waals surface area contributed by atoms with E-state index >= 15 is 0 Å². The van der Waals surface area contributed by atoms with Gasteiger partial charge >= 0.3 is 0 Å². The van der Waals surface area contributed by atoms with Crippen LogP contribution < -0.4 is 20.1 Å². The van der Waals surface area contributed by atoms with E-state index in [0.717, 1.165) is 5.75 Å². The minimum atomic E-state index is -0.531. The molecule has 2 N–H and O–H groups in total. The predicted molar refractivity (Wildman–Crippen MR) is 106 cm³/mol. The van der Waals surface area contributed by atoms with Gasteiger partial charge in [0.2, 0.25) is 11.8 Å². The van der Waals surface area contributed by atoms with Crippen molar-refractivity contribution in [3.8, 4) is 11.5 Å². The van der Waals surface area contributed by atoms with Crippen molar-refractivity contribution in [1.82, 2.24) is 5.32 Å². The molecule has 0 saturated carbocycles. The lowest BCUT2D eigenvalue weighted by Gasteiger charge is -2.10. The second-order valence-corrected chi connectivity index (χ2v) is 6.85. The zero-order valence-corrected chi connectivity index (χ0v) is 15.7. The van der Waals surface area contributed by atoms with E-state index in [4.69, 9.17) is 9.47 Å². The molecule has 2 aromatic carbocycles. The molecule has 2 aromatic rings. The fourth-order valence-corrected chi connectivity index (χ4v) is 3.47. The Morgan fingerprint density at radius 2 is 1.89 bits per heavy atom. The summed E-state index contributed by atoms with van der Waals surface area (Å²) < 4.78 is 10.3. The van der Waals surface area contributed by atoms with Gasteiger partial charge in [0.1, 0.15) is 16.7 Å². The van der Waals surface area contributed by atoms with E-state index in [0.29, 0.717) is 22.3 Å². The molecule has 3 rings (SSSR count). The van der Waals surface area contributed by atoms with Crippen LogP contribution >= 0.6 is 11.8 Å². The van der Waals surface area contributed by atoms with Crippen molar-refractivity contribution in [2.24, 2.45) is 4.99 Å². The highest BCUT2D eigenvalue weighted by molar-refractivity contribution is 8.15. The van der Waals surface area contributed by atoms with Crippen LogP contribution in [0.2, 0.25) is 0 Å². The summed E-state index contributed by atoms with van der Waals surface area (Å²) in [6.45, 7) is 0. The first-order valence-electron chi connectivity index (χ1n) is 8.22. The molecule has 27 heavy (non-hydrogen) atoms. The largest absolute Gasteiger partial charge is 0.497 e. The molecule has 8 heteroatoms. The standard InChI is InChI=1S/C19H19N3O4S/c1-25-13-9-7-12(8-10-13)20-19-22-18(24)16(27-19)11-17(23)21-14-5-3-4-6-15(14)26-2/h3-10,16H,11H2,1-2H3,(H,21,23)(H,20,22,24)/t16-/m1/s1. The summed E-state index contributed by atoms with van der Waals surface area (Å²) in [4.78, 5) is 28.8. The van der Waals surface area contributed by atoms with Crippen LogP contribution in [0.15, 0.2) is 53.5 Å². The number of methoxy groups -OCH3 is 2. The van der Waals surface area contributed by atoms with Gasteiger partial charge in [0.05, 0.1) is 25.6 Å². The van der Waals surface area contributed by atoms with Crippen molar-refractivity contribution in [2.75, 3.05) is 19.5 Å². The van der Waals surface area contributed by atoms with Gasteiger partial charge in [-0.1, -0.05) is 23.9 Å². The van der Waals surface area contributed by atoms with E-state index < -0.39 is 5.25 Å². The van der Waals surface area contributed by atoms with E-state index in [1.165, 1.54) is 18.9 Å². The lowest BCUT2D eigenvalue weighted by molar-refractivity contribution is -0.122. The molecule has 0 aromatic heterocycles. The number of amidine groups is 1. The van der Waals surface area contributed by atoms with Gasteiger partial charge in [0, 0.05) is 6.42 Å². The van der Waals surface area contributed by atoms with E-state index in [1.54, 1.807) is 49.6 Å². The average Bonchev–Trinajstić information content (AvgIpc) is 3.01. The Kier molecular flexibility index (Phi) is 5.97. The molecule has 0 bridgehead atoms. The molecule has 140 valence electrons. The highest BCUT2D eigenvalue weighted by Crippen LogP contribution is 2.28. The van der Waals surface area contributed by atoms with Crippen molar-refractivity contribution in [3.63, 3.8) is 0 Å². The molecule has 1 aliphatic heterocycles. The van der Waals surface area contributed by atoms with Gasteiger partial charge < -0.3 is 20.1 Å². The third-order valence-corrected chi connectivity index (χ3v) is 4.91. The van der Waals surface area contributed by atoms with Gasteiger partial charge in [-0.05, 0) is 36.4 Å². The van der Waals surface area contributed by atoms with Crippen LogP contribution in [0, 0.1) is 0 Å². The third kappa shape index (κ3) is 4.79. The third-order valence-electron chi connectivity index (χ3n) is 3.83. The smallest absolute Gasteiger partial charge is 0.240 e.